The number of nitrogens with zero attached hydrogens (tertiary/aromatic N) is 1. The minimum atomic E-state index is -0.130. The third kappa shape index (κ3) is 2.10. The third-order valence-corrected chi connectivity index (χ3v) is 3.41. The largest absolute Gasteiger partial charge is 0.325 e. The van der Waals surface area contributed by atoms with Gasteiger partial charge in [-0.1, -0.05) is 0 Å². The van der Waals surface area contributed by atoms with E-state index in [4.69, 9.17) is 0 Å². The van der Waals surface area contributed by atoms with Crippen LogP contribution in [0.15, 0.2) is 33.5 Å². The number of hydrogen-bond donors (Lipinski definition) is 1. The SMILES string of the molecule is CC(=O)Nc1ccc2c(ccc(=O)n2C)c1Br. The number of aromatic nitrogens is 1. The summed E-state index contributed by atoms with van der Waals surface area (Å²) in [5.41, 5.74) is 1.46. The van der Waals surface area contributed by atoms with Gasteiger partial charge < -0.3 is 9.88 Å². The molecule has 5 heteroatoms. The fourth-order valence-corrected chi connectivity index (χ4v) is 2.27. The van der Waals surface area contributed by atoms with E-state index in [9.17, 15) is 9.59 Å². The number of carbonyl (C=O) groups is 1. The Morgan fingerprint density at radius 1 is 1.29 bits per heavy atom. The number of nitrogens with one attached hydrogen (secondary N) is 1. The number of aryl methyl sites for hydroxylation is 1. The van der Waals surface area contributed by atoms with Crippen LogP contribution in [-0.2, 0) is 11.8 Å². The van der Waals surface area contributed by atoms with E-state index in [1.54, 1.807) is 23.7 Å². The van der Waals surface area contributed by atoms with Crippen LogP contribution in [0.5, 0.6) is 0 Å². The topological polar surface area (TPSA) is 51.1 Å². The molecular formula is C12H11BrN2O2. The van der Waals surface area contributed by atoms with Crippen LogP contribution in [0, 0.1) is 0 Å². The lowest BCUT2D eigenvalue weighted by Crippen LogP contribution is -2.15. The Morgan fingerprint density at radius 3 is 2.65 bits per heavy atom. The van der Waals surface area contributed by atoms with E-state index < -0.39 is 0 Å². The van der Waals surface area contributed by atoms with Crippen LogP contribution >= 0.6 is 15.9 Å². The van der Waals surface area contributed by atoms with Crippen molar-refractivity contribution in [3.05, 3.63) is 39.1 Å². The molecule has 4 nitrogen and oxygen atoms in total. The maximum Gasteiger partial charge on any atom is 0.250 e. The second-order valence-electron chi connectivity index (χ2n) is 3.77. The molecule has 0 unspecified atom stereocenters. The van der Waals surface area contributed by atoms with Crippen molar-refractivity contribution in [1.82, 2.24) is 4.57 Å². The van der Waals surface area contributed by atoms with Crippen LogP contribution in [0.25, 0.3) is 10.9 Å². The van der Waals surface area contributed by atoms with Crippen LogP contribution in [0.3, 0.4) is 0 Å². The van der Waals surface area contributed by atoms with E-state index in [2.05, 4.69) is 21.2 Å². The summed E-state index contributed by atoms with van der Waals surface area (Å²) in [5, 5.41) is 3.61. The number of benzene rings is 1. The summed E-state index contributed by atoms with van der Waals surface area (Å²) in [5.74, 6) is -0.130. The third-order valence-electron chi connectivity index (χ3n) is 2.55. The number of hydrogen-bond acceptors (Lipinski definition) is 2. The molecule has 0 bridgehead atoms. The average Bonchev–Trinajstić information content (AvgIpc) is 2.27. The molecule has 0 spiro atoms. The second kappa shape index (κ2) is 4.33. The highest BCUT2D eigenvalue weighted by molar-refractivity contribution is 9.10. The summed E-state index contributed by atoms with van der Waals surface area (Å²) < 4.78 is 2.35. The number of carbonyl (C=O) groups excluding carboxylic acids is 1. The summed E-state index contributed by atoms with van der Waals surface area (Å²) in [6.45, 7) is 1.46. The molecule has 0 saturated heterocycles. The lowest BCUT2D eigenvalue weighted by Gasteiger charge is -2.10. The number of fused-ring (bicyclic) bond motifs is 1. The van der Waals surface area contributed by atoms with Gasteiger partial charge in [0, 0.05) is 25.4 Å². The van der Waals surface area contributed by atoms with E-state index in [-0.39, 0.29) is 11.5 Å². The summed E-state index contributed by atoms with van der Waals surface area (Å²) >= 11 is 3.44. The molecule has 1 aromatic carbocycles. The van der Waals surface area contributed by atoms with Gasteiger partial charge in [0.15, 0.2) is 0 Å². The van der Waals surface area contributed by atoms with E-state index in [1.165, 1.54) is 13.0 Å². The summed E-state index contributed by atoms with van der Waals surface area (Å²) in [7, 11) is 1.72. The summed E-state index contributed by atoms with van der Waals surface area (Å²) in [6.07, 6.45) is 0. The number of pyridine rings is 1. The molecule has 17 heavy (non-hydrogen) atoms. The molecule has 0 saturated carbocycles. The Hall–Kier alpha value is -1.62. The fourth-order valence-electron chi connectivity index (χ4n) is 1.71. The Morgan fingerprint density at radius 2 is 2.00 bits per heavy atom. The Balaban J connectivity index is 2.73. The Labute approximate surface area is 106 Å². The van der Waals surface area contributed by atoms with Gasteiger partial charge in [-0.15, -0.1) is 0 Å². The summed E-state index contributed by atoms with van der Waals surface area (Å²) in [4.78, 5) is 22.5. The molecule has 1 N–H and O–H groups in total. The first-order valence-corrected chi connectivity index (χ1v) is 5.86. The Kier molecular flexibility index (Phi) is 3.02. The maximum absolute atomic E-state index is 11.5. The van der Waals surface area contributed by atoms with Gasteiger partial charge in [-0.3, -0.25) is 9.59 Å². The second-order valence-corrected chi connectivity index (χ2v) is 4.56. The van der Waals surface area contributed by atoms with Gasteiger partial charge in [-0.05, 0) is 34.1 Å². The highest BCUT2D eigenvalue weighted by Crippen LogP contribution is 2.30. The fraction of sp³-hybridized carbons (Fsp3) is 0.167. The minimum Gasteiger partial charge on any atom is -0.325 e. The van der Waals surface area contributed by atoms with Gasteiger partial charge in [-0.25, -0.2) is 0 Å². The van der Waals surface area contributed by atoms with E-state index in [0.717, 1.165) is 15.4 Å². The molecule has 0 fully saturated rings. The first-order chi connectivity index (χ1) is 8.00. The standard InChI is InChI=1S/C12H11BrN2O2/c1-7(16)14-9-4-5-10-8(12(9)13)3-6-11(17)15(10)2/h3-6H,1-2H3,(H,14,16). The highest BCUT2D eigenvalue weighted by Gasteiger charge is 2.08. The highest BCUT2D eigenvalue weighted by atomic mass is 79.9. The van der Waals surface area contributed by atoms with E-state index in [1.807, 2.05) is 6.07 Å². The molecule has 0 aliphatic carbocycles. The van der Waals surface area contributed by atoms with Crippen molar-refractivity contribution in [1.29, 1.82) is 0 Å². The predicted molar refractivity (Wildman–Crippen MR) is 71.2 cm³/mol. The van der Waals surface area contributed by atoms with Crippen molar-refractivity contribution in [3.63, 3.8) is 0 Å². The van der Waals surface area contributed by atoms with Crippen LogP contribution in [0.1, 0.15) is 6.92 Å². The first-order valence-electron chi connectivity index (χ1n) is 5.06. The molecule has 0 radical (unpaired) electrons. The average molecular weight is 295 g/mol. The van der Waals surface area contributed by atoms with Gasteiger partial charge in [0.2, 0.25) is 5.91 Å². The molecule has 2 aromatic rings. The van der Waals surface area contributed by atoms with Gasteiger partial charge in [0.25, 0.3) is 5.56 Å². The van der Waals surface area contributed by atoms with Crippen LogP contribution in [0.4, 0.5) is 5.69 Å². The van der Waals surface area contributed by atoms with Crippen molar-refractivity contribution in [2.75, 3.05) is 5.32 Å². The Bertz CT molecular complexity index is 661. The van der Waals surface area contributed by atoms with Gasteiger partial charge in [-0.2, -0.15) is 0 Å². The zero-order valence-corrected chi connectivity index (χ0v) is 11.0. The number of anilines is 1. The molecular weight excluding hydrogens is 284 g/mol. The van der Waals surface area contributed by atoms with E-state index >= 15 is 0 Å². The molecule has 1 heterocycles. The zero-order chi connectivity index (χ0) is 12.6. The van der Waals surface area contributed by atoms with Crippen molar-refractivity contribution >= 4 is 38.4 Å². The van der Waals surface area contributed by atoms with E-state index in [0.29, 0.717) is 5.69 Å². The first kappa shape index (κ1) is 11.9. The maximum atomic E-state index is 11.5. The van der Waals surface area contributed by atoms with Crippen molar-refractivity contribution in [2.45, 2.75) is 6.92 Å². The smallest absolute Gasteiger partial charge is 0.250 e. The number of rotatable bonds is 1. The number of amides is 1. The van der Waals surface area contributed by atoms with Crippen molar-refractivity contribution in [3.8, 4) is 0 Å². The lowest BCUT2D eigenvalue weighted by atomic mass is 10.2. The van der Waals surface area contributed by atoms with Crippen molar-refractivity contribution in [2.24, 2.45) is 7.05 Å². The normalized spacial score (nSPS) is 10.5. The number of halogens is 1. The predicted octanol–water partition coefficient (Wildman–Crippen LogP) is 2.26. The monoisotopic (exact) mass is 294 g/mol. The molecule has 0 aliphatic heterocycles. The van der Waals surface area contributed by atoms with Crippen LogP contribution < -0.4 is 10.9 Å². The lowest BCUT2D eigenvalue weighted by molar-refractivity contribution is -0.114. The molecule has 88 valence electrons. The van der Waals surface area contributed by atoms with Gasteiger partial charge in [0.05, 0.1) is 15.7 Å². The molecule has 0 atom stereocenters. The molecule has 0 aliphatic rings. The van der Waals surface area contributed by atoms with Gasteiger partial charge >= 0.3 is 0 Å². The zero-order valence-electron chi connectivity index (χ0n) is 9.45. The minimum absolute atomic E-state index is 0.0586. The summed E-state index contributed by atoms with van der Waals surface area (Å²) in [6, 6.07) is 6.83. The quantitative estimate of drug-likeness (QED) is 0.877. The van der Waals surface area contributed by atoms with Crippen molar-refractivity contribution < 1.29 is 4.79 Å². The van der Waals surface area contributed by atoms with Crippen LogP contribution in [0.2, 0.25) is 0 Å². The van der Waals surface area contributed by atoms with Gasteiger partial charge in [0.1, 0.15) is 0 Å². The molecule has 2 rings (SSSR count). The molecule has 1 aromatic heterocycles. The van der Waals surface area contributed by atoms with Crippen LogP contribution in [-0.4, -0.2) is 10.5 Å². The molecule has 1 amide bonds.